The summed E-state index contributed by atoms with van der Waals surface area (Å²) in [5.74, 6) is -2.92. The van der Waals surface area contributed by atoms with Crippen molar-refractivity contribution in [1.82, 2.24) is 20.9 Å². The molecule has 0 spiro atoms. The minimum atomic E-state index is -1.05. The number of benzene rings is 2. The van der Waals surface area contributed by atoms with Crippen molar-refractivity contribution in [2.45, 2.75) is 110 Å². The Balaban J connectivity index is 1.39. The molecule has 0 unspecified atom stereocenters. The standard InChI is InChI=1S/C45H58N4O9/c1-8-35(44(54)58-45(4,5)6)48-41(51)33-21-31(57-38-24-36(29-17-13-10-14-18-29)47-37-23-30(55-7)19-20-32(37)38)22-34(33)42(52)49-40(27(2)3)43(53)46-25-39(50)56-26-28-15-11-9-12-16-28/h10,13-14,17-20,22-24,27-28,31,33,35,40H,8-9,11-12,15-16,21,25-26H2,1-7H3,(H,46,53)(H,48,51)(H,49,52)/t31-,33-,35+,40+/m1/s1. The van der Waals surface area contributed by atoms with Crippen LogP contribution in [0.3, 0.4) is 0 Å². The largest absolute Gasteiger partial charge is 0.497 e. The summed E-state index contributed by atoms with van der Waals surface area (Å²) in [5, 5.41) is 8.91. The molecule has 0 bridgehead atoms. The van der Waals surface area contributed by atoms with Gasteiger partial charge in [-0.3, -0.25) is 19.2 Å². The van der Waals surface area contributed by atoms with E-state index in [1.54, 1.807) is 60.8 Å². The molecule has 3 N–H and O–H groups in total. The first-order chi connectivity index (χ1) is 27.6. The Morgan fingerprint density at radius 3 is 2.31 bits per heavy atom. The number of nitrogens with zero attached hydrogens (tertiary/aromatic N) is 1. The number of methoxy groups -OCH3 is 1. The summed E-state index contributed by atoms with van der Waals surface area (Å²) < 4.78 is 23.1. The van der Waals surface area contributed by atoms with E-state index in [4.69, 9.17) is 23.9 Å². The number of carbonyl (C=O) groups is 5. The van der Waals surface area contributed by atoms with Crippen molar-refractivity contribution < 1.29 is 42.9 Å². The number of aromatic nitrogens is 1. The number of hydrogen-bond acceptors (Lipinski definition) is 10. The molecule has 0 radical (unpaired) electrons. The van der Waals surface area contributed by atoms with Gasteiger partial charge in [0.05, 0.1) is 30.8 Å². The summed E-state index contributed by atoms with van der Waals surface area (Å²) in [6, 6.07) is 14.9. The zero-order valence-electron chi connectivity index (χ0n) is 34.7. The molecule has 0 saturated heterocycles. The maximum Gasteiger partial charge on any atom is 0.329 e. The van der Waals surface area contributed by atoms with Crippen molar-refractivity contribution in [2.75, 3.05) is 20.3 Å². The Bertz CT molecular complexity index is 1970. The molecule has 1 heterocycles. The van der Waals surface area contributed by atoms with Crippen LogP contribution in [0, 0.1) is 17.8 Å². The highest BCUT2D eigenvalue weighted by Crippen LogP contribution is 2.36. The number of esters is 2. The van der Waals surface area contributed by atoms with Gasteiger partial charge < -0.3 is 34.9 Å². The van der Waals surface area contributed by atoms with Crippen molar-refractivity contribution in [2.24, 2.45) is 17.8 Å². The molecule has 5 rings (SSSR count). The number of pyridine rings is 1. The first-order valence-corrected chi connectivity index (χ1v) is 20.4. The maximum absolute atomic E-state index is 14.2. The summed E-state index contributed by atoms with van der Waals surface area (Å²) >= 11 is 0. The molecular weight excluding hydrogens is 741 g/mol. The van der Waals surface area contributed by atoms with Crippen molar-refractivity contribution in [3.63, 3.8) is 0 Å². The van der Waals surface area contributed by atoms with Crippen molar-refractivity contribution in [1.29, 1.82) is 0 Å². The number of hydrogen-bond donors (Lipinski definition) is 3. The molecule has 13 nitrogen and oxygen atoms in total. The Morgan fingerprint density at radius 1 is 0.931 bits per heavy atom. The zero-order valence-corrected chi connectivity index (χ0v) is 34.7. The second kappa shape index (κ2) is 19.8. The van der Waals surface area contributed by atoms with E-state index in [0.717, 1.165) is 31.2 Å². The van der Waals surface area contributed by atoms with E-state index < -0.39 is 59.4 Å². The average molecular weight is 799 g/mol. The minimum Gasteiger partial charge on any atom is -0.497 e. The van der Waals surface area contributed by atoms with E-state index in [2.05, 4.69) is 16.0 Å². The van der Waals surface area contributed by atoms with Crippen LogP contribution in [-0.4, -0.2) is 78.7 Å². The molecule has 312 valence electrons. The Hall–Kier alpha value is -5.46. The van der Waals surface area contributed by atoms with Gasteiger partial charge in [0.1, 0.15) is 41.8 Å². The van der Waals surface area contributed by atoms with Crippen LogP contribution in [0.15, 0.2) is 66.2 Å². The van der Waals surface area contributed by atoms with Crippen molar-refractivity contribution in [3.05, 3.63) is 66.2 Å². The van der Waals surface area contributed by atoms with Gasteiger partial charge in [0, 0.05) is 35.1 Å². The predicted octanol–water partition coefficient (Wildman–Crippen LogP) is 6.22. The second-order valence-electron chi connectivity index (χ2n) is 16.4. The lowest BCUT2D eigenvalue weighted by molar-refractivity contribution is -0.159. The highest BCUT2D eigenvalue weighted by atomic mass is 16.6. The topological polar surface area (TPSA) is 171 Å². The number of ether oxygens (including phenoxy) is 4. The van der Waals surface area contributed by atoms with Crippen LogP contribution in [0.4, 0.5) is 0 Å². The number of amides is 3. The predicted molar refractivity (Wildman–Crippen MR) is 220 cm³/mol. The van der Waals surface area contributed by atoms with Gasteiger partial charge in [-0.25, -0.2) is 9.78 Å². The van der Waals surface area contributed by atoms with Crippen LogP contribution >= 0.6 is 0 Å². The van der Waals surface area contributed by atoms with E-state index in [0.29, 0.717) is 40.6 Å². The highest BCUT2D eigenvalue weighted by molar-refractivity contribution is 6.03. The number of nitrogens with one attached hydrogen (secondary N) is 3. The van der Waals surface area contributed by atoms with Crippen molar-refractivity contribution >= 4 is 40.6 Å². The molecule has 2 aliphatic carbocycles. The molecule has 4 atom stereocenters. The molecule has 3 aromatic rings. The van der Waals surface area contributed by atoms with Gasteiger partial charge in [0.25, 0.3) is 0 Å². The smallest absolute Gasteiger partial charge is 0.329 e. The van der Waals surface area contributed by atoms with Crippen LogP contribution in [0.25, 0.3) is 22.2 Å². The van der Waals surface area contributed by atoms with E-state index in [-0.39, 0.29) is 30.9 Å². The van der Waals surface area contributed by atoms with Crippen LogP contribution < -0.4 is 25.4 Å². The summed E-state index contributed by atoms with van der Waals surface area (Å²) in [6.45, 7) is 10.5. The normalized spacial score (nSPS) is 18.1. The lowest BCUT2D eigenvalue weighted by atomic mass is 9.90. The molecule has 0 aliphatic heterocycles. The number of rotatable bonds is 16. The average Bonchev–Trinajstić information content (AvgIpc) is 3.63. The molecule has 2 aromatic carbocycles. The van der Waals surface area contributed by atoms with Crippen LogP contribution in [0.2, 0.25) is 0 Å². The molecule has 58 heavy (non-hydrogen) atoms. The van der Waals surface area contributed by atoms with Gasteiger partial charge in [-0.05, 0) is 70.1 Å². The molecule has 13 heteroatoms. The molecule has 3 amide bonds. The van der Waals surface area contributed by atoms with Gasteiger partial charge >= 0.3 is 11.9 Å². The maximum atomic E-state index is 14.2. The first kappa shape index (κ1) is 43.7. The van der Waals surface area contributed by atoms with Crippen LogP contribution in [-0.2, 0) is 33.4 Å². The highest BCUT2D eigenvalue weighted by Gasteiger charge is 2.40. The lowest BCUT2D eigenvalue weighted by Gasteiger charge is -2.26. The SMILES string of the molecule is CC[C@H](NC(=O)[C@@H]1C[C@@H](Oc2cc(-c3ccccc3)nc3cc(OC)ccc23)C=C1C(=O)N[C@H](C(=O)NCC(=O)OCC1CCCCC1)C(C)C)C(=O)OC(C)(C)C. The summed E-state index contributed by atoms with van der Waals surface area (Å²) in [4.78, 5) is 72.2. The summed E-state index contributed by atoms with van der Waals surface area (Å²) in [7, 11) is 1.58. The van der Waals surface area contributed by atoms with Gasteiger partial charge in [-0.15, -0.1) is 0 Å². The van der Waals surface area contributed by atoms with Gasteiger partial charge in [0.15, 0.2) is 0 Å². The fraction of sp³-hybridized carbons (Fsp3) is 0.511. The lowest BCUT2D eigenvalue weighted by Crippen LogP contribution is -2.52. The minimum absolute atomic E-state index is 0.0609. The van der Waals surface area contributed by atoms with Crippen molar-refractivity contribution in [3.8, 4) is 22.8 Å². The Labute approximate surface area is 341 Å². The van der Waals surface area contributed by atoms with E-state index in [9.17, 15) is 24.0 Å². The quantitative estimate of drug-likeness (QED) is 0.141. The molecule has 1 saturated carbocycles. The third-order valence-corrected chi connectivity index (χ3v) is 10.4. The fourth-order valence-corrected chi connectivity index (χ4v) is 7.25. The Morgan fingerprint density at radius 2 is 1.66 bits per heavy atom. The third kappa shape index (κ3) is 11.8. The number of carbonyl (C=O) groups excluding carboxylic acids is 5. The molecule has 2 aliphatic rings. The number of fused-ring (bicyclic) bond motifs is 1. The summed E-state index contributed by atoms with van der Waals surface area (Å²) in [5.41, 5.74) is 1.44. The van der Waals surface area contributed by atoms with Gasteiger partial charge in [-0.1, -0.05) is 70.4 Å². The van der Waals surface area contributed by atoms with E-state index >= 15 is 0 Å². The summed E-state index contributed by atoms with van der Waals surface area (Å²) in [6.07, 6.45) is 6.61. The fourth-order valence-electron chi connectivity index (χ4n) is 7.25. The monoisotopic (exact) mass is 798 g/mol. The van der Waals surface area contributed by atoms with E-state index in [1.165, 1.54) is 6.42 Å². The molecular formula is C45H58N4O9. The van der Waals surface area contributed by atoms with Gasteiger partial charge in [-0.2, -0.15) is 0 Å². The third-order valence-electron chi connectivity index (χ3n) is 10.4. The van der Waals surface area contributed by atoms with E-state index in [1.807, 2.05) is 48.5 Å². The van der Waals surface area contributed by atoms with Crippen LogP contribution in [0.1, 0.15) is 86.5 Å². The zero-order chi connectivity index (χ0) is 42.0. The van der Waals surface area contributed by atoms with Crippen LogP contribution in [0.5, 0.6) is 11.5 Å². The second-order valence-corrected chi connectivity index (χ2v) is 16.4. The first-order valence-electron chi connectivity index (χ1n) is 20.4. The van der Waals surface area contributed by atoms with Gasteiger partial charge in [0.2, 0.25) is 17.7 Å². The molecule has 1 aromatic heterocycles. The molecule has 1 fully saturated rings. The Kier molecular flexibility index (Phi) is 14.9.